The highest BCUT2D eigenvalue weighted by Gasteiger charge is 2.78. The van der Waals surface area contributed by atoms with E-state index in [1.807, 2.05) is 4.74 Å². The topological polar surface area (TPSA) is 9.23 Å². The molecule has 0 N–H and O–H groups in total. The van der Waals surface area contributed by atoms with Gasteiger partial charge in [-0.25, -0.2) is 8.78 Å². The van der Waals surface area contributed by atoms with E-state index in [1.54, 1.807) is 0 Å². The van der Waals surface area contributed by atoms with E-state index >= 15 is 0 Å². The van der Waals surface area contributed by atoms with Gasteiger partial charge in [0.15, 0.2) is 0 Å². The Balaban J connectivity index is 6.05. The summed E-state index contributed by atoms with van der Waals surface area (Å²) in [5, 5.41) is 0. The smallest absolute Gasteiger partial charge is 0.399 e. The zero-order valence-electron chi connectivity index (χ0n) is 8.44. The van der Waals surface area contributed by atoms with Crippen molar-refractivity contribution >= 4 is 0 Å². The molecule has 0 aliphatic carbocycles. The van der Waals surface area contributed by atoms with Crippen LogP contribution >= 0.6 is 0 Å². The Hall–Kier alpha value is -1.56. The largest absolute Gasteiger partial charge is 0.451 e. The Kier molecular flexibility index (Phi) is 5.01. The molecule has 1 atom stereocenters. The third kappa shape index (κ3) is 3.12. The number of halogens is 12. The van der Waals surface area contributed by atoms with Crippen LogP contribution in [0.3, 0.4) is 0 Å². The lowest BCUT2D eigenvalue weighted by molar-refractivity contribution is -0.369. The lowest BCUT2D eigenvalue weighted by atomic mass is 10.0. The maximum atomic E-state index is 13.0. The van der Waals surface area contributed by atoms with Gasteiger partial charge in [-0.1, -0.05) is 0 Å². The fourth-order valence-electron chi connectivity index (χ4n) is 0.769. The molecule has 118 valence electrons. The summed E-state index contributed by atoms with van der Waals surface area (Å²) >= 11 is 0. The highest BCUT2D eigenvalue weighted by Crippen LogP contribution is 2.52. The van der Waals surface area contributed by atoms with E-state index in [0.29, 0.717) is 0 Å². The van der Waals surface area contributed by atoms with Crippen LogP contribution in [0.15, 0.2) is 24.0 Å². The van der Waals surface area contributed by atoms with Crippen molar-refractivity contribution < 1.29 is 57.4 Å². The third-order valence-corrected chi connectivity index (χ3v) is 1.63. The molecule has 0 rings (SSSR count). The van der Waals surface area contributed by atoms with Crippen molar-refractivity contribution in [2.75, 3.05) is 0 Å². The first kappa shape index (κ1) is 18.4. The van der Waals surface area contributed by atoms with E-state index in [2.05, 4.69) is 0 Å². The molecule has 0 aliphatic rings. The van der Waals surface area contributed by atoms with Crippen molar-refractivity contribution in [2.24, 2.45) is 0 Å². The summed E-state index contributed by atoms with van der Waals surface area (Å²) in [7, 11) is 0. The molecule has 0 aromatic heterocycles. The van der Waals surface area contributed by atoms with Crippen molar-refractivity contribution in [1.82, 2.24) is 0 Å². The number of ether oxygens (including phenoxy) is 1. The van der Waals surface area contributed by atoms with Crippen molar-refractivity contribution in [3.05, 3.63) is 24.0 Å². The molecule has 0 aromatic rings. The second-order valence-electron chi connectivity index (χ2n) is 2.88. The molecule has 0 aromatic carbocycles. The standard InChI is InChI=1S/C7F12O/c8-1(2(9)10)5(14,6(15,16)17)7(18,19)20-4(13)3(11)12. The Labute approximate surface area is 101 Å². The predicted octanol–water partition coefficient (Wildman–Crippen LogP) is 4.98. The van der Waals surface area contributed by atoms with Gasteiger partial charge in [0, 0.05) is 0 Å². The van der Waals surface area contributed by atoms with Crippen molar-refractivity contribution in [2.45, 2.75) is 18.0 Å². The van der Waals surface area contributed by atoms with Crippen LogP contribution in [0.1, 0.15) is 0 Å². The average molecular weight is 328 g/mol. The summed E-state index contributed by atoms with van der Waals surface area (Å²) in [6.07, 6.45) is -21.8. The normalized spacial score (nSPS) is 15.4. The highest BCUT2D eigenvalue weighted by molar-refractivity contribution is 5.19. The minimum absolute atomic E-state index is 1.99. The molecule has 13 heteroatoms. The summed E-state index contributed by atoms with van der Waals surface area (Å²) in [6.45, 7) is 0. The fraction of sp³-hybridized carbons (Fsp3) is 0.429. The Morgan fingerprint density at radius 2 is 1.05 bits per heavy atom. The lowest BCUT2D eigenvalue weighted by Crippen LogP contribution is -2.57. The number of hydrogen-bond acceptors (Lipinski definition) is 1. The maximum Gasteiger partial charge on any atom is 0.451 e. The minimum Gasteiger partial charge on any atom is -0.399 e. The first-order valence-electron chi connectivity index (χ1n) is 3.93. The van der Waals surface area contributed by atoms with E-state index in [-0.39, 0.29) is 0 Å². The minimum atomic E-state index is -7.07. The van der Waals surface area contributed by atoms with Crippen LogP contribution in [-0.2, 0) is 4.74 Å². The van der Waals surface area contributed by atoms with E-state index < -0.39 is 42.0 Å². The van der Waals surface area contributed by atoms with Gasteiger partial charge < -0.3 is 4.74 Å². The van der Waals surface area contributed by atoms with Gasteiger partial charge in [-0.3, -0.25) is 0 Å². The average Bonchev–Trinajstić information content (AvgIpc) is 2.23. The number of alkyl halides is 6. The van der Waals surface area contributed by atoms with Crippen LogP contribution in [0.25, 0.3) is 0 Å². The van der Waals surface area contributed by atoms with Gasteiger partial charge >= 0.3 is 36.1 Å². The summed E-state index contributed by atoms with van der Waals surface area (Å²) < 4.78 is 147. The van der Waals surface area contributed by atoms with Crippen molar-refractivity contribution in [3.63, 3.8) is 0 Å². The molecule has 0 radical (unpaired) electrons. The fourth-order valence-corrected chi connectivity index (χ4v) is 0.769. The molecule has 0 spiro atoms. The predicted molar refractivity (Wildman–Crippen MR) is 36.6 cm³/mol. The molecular weight excluding hydrogens is 328 g/mol. The summed E-state index contributed by atoms with van der Waals surface area (Å²) in [5.41, 5.74) is -6.87. The monoisotopic (exact) mass is 328 g/mol. The van der Waals surface area contributed by atoms with E-state index in [0.717, 1.165) is 0 Å². The summed E-state index contributed by atoms with van der Waals surface area (Å²) in [4.78, 5) is 0. The van der Waals surface area contributed by atoms with Crippen LogP contribution in [0.5, 0.6) is 0 Å². The zero-order valence-corrected chi connectivity index (χ0v) is 8.44. The second-order valence-corrected chi connectivity index (χ2v) is 2.88. The SMILES string of the molecule is FC(F)=C(F)OC(F)(F)C(F)(C(F)=C(F)F)C(F)(F)F. The molecule has 20 heavy (non-hydrogen) atoms. The Morgan fingerprint density at radius 1 is 0.650 bits per heavy atom. The summed E-state index contributed by atoms with van der Waals surface area (Å²) in [5.74, 6) is -4.36. The van der Waals surface area contributed by atoms with Gasteiger partial charge in [0.25, 0.3) is 0 Å². The van der Waals surface area contributed by atoms with Gasteiger partial charge in [0.05, 0.1) is 0 Å². The van der Waals surface area contributed by atoms with Gasteiger partial charge in [-0.05, 0) is 0 Å². The molecule has 0 bridgehead atoms. The Bertz CT molecular complexity index is 426. The first-order valence-corrected chi connectivity index (χ1v) is 3.93. The number of hydrogen-bond donors (Lipinski definition) is 0. The van der Waals surface area contributed by atoms with E-state index in [1.165, 1.54) is 0 Å². The molecule has 0 saturated heterocycles. The molecule has 0 fully saturated rings. The molecule has 0 saturated carbocycles. The van der Waals surface area contributed by atoms with Crippen LogP contribution in [0.4, 0.5) is 52.7 Å². The maximum absolute atomic E-state index is 13.0. The van der Waals surface area contributed by atoms with Crippen molar-refractivity contribution in [1.29, 1.82) is 0 Å². The third-order valence-electron chi connectivity index (χ3n) is 1.63. The van der Waals surface area contributed by atoms with E-state index in [9.17, 15) is 52.7 Å². The van der Waals surface area contributed by atoms with Crippen molar-refractivity contribution in [3.8, 4) is 0 Å². The molecule has 1 unspecified atom stereocenters. The Morgan fingerprint density at radius 3 is 1.30 bits per heavy atom. The molecule has 1 nitrogen and oxygen atoms in total. The zero-order chi connectivity index (χ0) is 16.5. The lowest BCUT2D eigenvalue weighted by Gasteiger charge is -2.31. The molecular formula is C7F12O. The van der Waals surface area contributed by atoms with Crippen LogP contribution < -0.4 is 0 Å². The molecule has 0 amide bonds. The van der Waals surface area contributed by atoms with Gasteiger partial charge in [0.2, 0.25) is 5.83 Å². The summed E-state index contributed by atoms with van der Waals surface area (Å²) in [6, 6.07) is -3.70. The highest BCUT2D eigenvalue weighted by atomic mass is 19.4. The number of rotatable bonds is 4. The van der Waals surface area contributed by atoms with Gasteiger partial charge in [-0.2, -0.15) is 43.9 Å². The molecule has 0 heterocycles. The molecule has 0 aliphatic heterocycles. The van der Waals surface area contributed by atoms with Gasteiger partial charge in [-0.15, -0.1) is 0 Å². The van der Waals surface area contributed by atoms with Crippen LogP contribution in [0, 0.1) is 0 Å². The van der Waals surface area contributed by atoms with Gasteiger partial charge in [0.1, 0.15) is 0 Å². The van der Waals surface area contributed by atoms with E-state index in [4.69, 9.17) is 0 Å². The van der Waals surface area contributed by atoms with Crippen LogP contribution in [-0.4, -0.2) is 18.0 Å². The quantitative estimate of drug-likeness (QED) is 0.522. The van der Waals surface area contributed by atoms with Crippen LogP contribution in [0.2, 0.25) is 0 Å². The first-order chi connectivity index (χ1) is 8.68. The second kappa shape index (κ2) is 5.44.